The van der Waals surface area contributed by atoms with Gasteiger partial charge < -0.3 is 9.63 Å². The molecule has 0 aliphatic rings. The van der Waals surface area contributed by atoms with E-state index in [0.717, 1.165) is 0 Å². The molecule has 7 heteroatoms. The summed E-state index contributed by atoms with van der Waals surface area (Å²) in [6, 6.07) is 0. The number of phosphoric acid groups is 1. The summed E-state index contributed by atoms with van der Waals surface area (Å²) >= 11 is 0. The third kappa shape index (κ3) is 5.70. The van der Waals surface area contributed by atoms with Crippen LogP contribution in [0.3, 0.4) is 0 Å². The van der Waals surface area contributed by atoms with E-state index < -0.39 is 13.9 Å². The van der Waals surface area contributed by atoms with Gasteiger partial charge in [0.05, 0.1) is 12.7 Å². The molecule has 0 bridgehead atoms. The highest BCUT2D eigenvalue weighted by molar-refractivity contribution is 7.47. The van der Waals surface area contributed by atoms with Gasteiger partial charge >= 0.3 is 7.82 Å². The zero-order chi connectivity index (χ0) is 11.2. The second-order valence-electron chi connectivity index (χ2n) is 2.70. The first-order valence-corrected chi connectivity index (χ1v) is 5.77. The SMILES string of the molecule is CCOP(=O)(O)OOC(C)C(C)OC. The number of ether oxygens (including phenoxy) is 1. The highest BCUT2D eigenvalue weighted by atomic mass is 31.2. The molecule has 6 nitrogen and oxygen atoms in total. The van der Waals surface area contributed by atoms with Crippen LogP contribution in [-0.4, -0.2) is 30.8 Å². The van der Waals surface area contributed by atoms with Crippen LogP contribution < -0.4 is 0 Å². The van der Waals surface area contributed by atoms with Crippen molar-refractivity contribution in [3.63, 3.8) is 0 Å². The van der Waals surface area contributed by atoms with Gasteiger partial charge in [-0.15, -0.1) is 4.67 Å². The van der Waals surface area contributed by atoms with Gasteiger partial charge in [-0.1, -0.05) is 0 Å². The van der Waals surface area contributed by atoms with Gasteiger partial charge in [0.25, 0.3) is 0 Å². The summed E-state index contributed by atoms with van der Waals surface area (Å²) in [6.45, 7) is 5.05. The quantitative estimate of drug-likeness (QED) is 0.404. The third-order valence-electron chi connectivity index (χ3n) is 1.61. The zero-order valence-corrected chi connectivity index (χ0v) is 9.69. The van der Waals surface area contributed by atoms with Crippen molar-refractivity contribution in [2.75, 3.05) is 13.7 Å². The average Bonchev–Trinajstić information content (AvgIpc) is 2.13. The van der Waals surface area contributed by atoms with Crippen LogP contribution in [0.2, 0.25) is 0 Å². The first-order valence-electron chi connectivity index (χ1n) is 4.28. The number of methoxy groups -OCH3 is 1. The fraction of sp³-hybridized carbons (Fsp3) is 1.00. The van der Waals surface area contributed by atoms with Crippen LogP contribution in [0.4, 0.5) is 0 Å². The van der Waals surface area contributed by atoms with Gasteiger partial charge in [0.15, 0.2) is 0 Å². The standard InChI is InChI=1S/C7H17O6P/c1-5-11-14(8,9)13-12-7(3)6(2)10-4/h6-7H,5H2,1-4H3,(H,8,9). The van der Waals surface area contributed by atoms with E-state index in [4.69, 9.17) is 9.63 Å². The van der Waals surface area contributed by atoms with Crippen molar-refractivity contribution in [2.45, 2.75) is 33.0 Å². The second kappa shape index (κ2) is 6.50. The van der Waals surface area contributed by atoms with Gasteiger partial charge in [-0.3, -0.25) is 4.52 Å². The molecule has 86 valence electrons. The first kappa shape index (κ1) is 14.0. The molecule has 3 unspecified atom stereocenters. The molecule has 0 spiro atoms. The third-order valence-corrected chi connectivity index (χ3v) is 2.47. The van der Waals surface area contributed by atoms with Gasteiger partial charge in [0, 0.05) is 7.11 Å². The van der Waals surface area contributed by atoms with E-state index in [-0.39, 0.29) is 12.7 Å². The van der Waals surface area contributed by atoms with Crippen LogP contribution in [0.25, 0.3) is 0 Å². The maximum atomic E-state index is 11.0. The van der Waals surface area contributed by atoms with E-state index >= 15 is 0 Å². The average molecular weight is 228 g/mol. The predicted molar refractivity (Wildman–Crippen MR) is 49.6 cm³/mol. The minimum atomic E-state index is -4.07. The van der Waals surface area contributed by atoms with E-state index in [1.807, 2.05) is 0 Å². The van der Waals surface area contributed by atoms with Crippen LogP contribution in [0, 0.1) is 0 Å². The van der Waals surface area contributed by atoms with Crippen LogP contribution in [-0.2, 0) is 23.4 Å². The molecule has 0 aliphatic heterocycles. The molecule has 0 saturated heterocycles. The largest absolute Gasteiger partial charge is 0.499 e. The predicted octanol–water partition coefficient (Wildman–Crippen LogP) is 1.49. The lowest BCUT2D eigenvalue weighted by molar-refractivity contribution is -0.273. The molecular formula is C7H17O6P. The van der Waals surface area contributed by atoms with Crippen molar-refractivity contribution < 1.29 is 28.3 Å². The molecule has 0 rings (SSSR count). The lowest BCUT2D eigenvalue weighted by atomic mass is 10.3. The Morgan fingerprint density at radius 1 is 1.36 bits per heavy atom. The van der Waals surface area contributed by atoms with Crippen molar-refractivity contribution in [1.29, 1.82) is 0 Å². The van der Waals surface area contributed by atoms with Gasteiger partial charge in [-0.05, 0) is 20.8 Å². The van der Waals surface area contributed by atoms with Crippen LogP contribution in [0.5, 0.6) is 0 Å². The summed E-state index contributed by atoms with van der Waals surface area (Å²) in [7, 11) is -2.57. The van der Waals surface area contributed by atoms with E-state index in [1.54, 1.807) is 20.8 Å². The maximum Gasteiger partial charge on any atom is 0.499 e. The molecule has 0 aliphatic carbocycles. The lowest BCUT2D eigenvalue weighted by Gasteiger charge is -2.18. The Kier molecular flexibility index (Phi) is 6.52. The van der Waals surface area contributed by atoms with Crippen LogP contribution >= 0.6 is 7.82 Å². The maximum absolute atomic E-state index is 11.0. The highest BCUT2D eigenvalue weighted by Crippen LogP contribution is 2.43. The van der Waals surface area contributed by atoms with Gasteiger partial charge in [-0.2, -0.15) is 0 Å². The van der Waals surface area contributed by atoms with Crippen molar-refractivity contribution in [1.82, 2.24) is 0 Å². The van der Waals surface area contributed by atoms with E-state index in [0.29, 0.717) is 0 Å². The molecule has 0 aromatic carbocycles. The molecular weight excluding hydrogens is 211 g/mol. The molecule has 1 N–H and O–H groups in total. The zero-order valence-electron chi connectivity index (χ0n) is 8.80. The first-order chi connectivity index (χ1) is 6.43. The second-order valence-corrected chi connectivity index (χ2v) is 4.05. The molecule has 3 atom stereocenters. The molecule has 0 saturated carbocycles. The smallest absolute Gasteiger partial charge is 0.379 e. The number of hydrogen-bond acceptors (Lipinski definition) is 5. The Morgan fingerprint density at radius 3 is 2.36 bits per heavy atom. The molecule has 0 fully saturated rings. The Labute approximate surface area is 83.7 Å². The topological polar surface area (TPSA) is 74.2 Å². The minimum absolute atomic E-state index is 0.0748. The van der Waals surface area contributed by atoms with Gasteiger partial charge in [-0.25, -0.2) is 9.45 Å². The molecule has 0 amide bonds. The molecule has 0 heterocycles. The Bertz CT molecular complexity index is 197. The highest BCUT2D eigenvalue weighted by Gasteiger charge is 2.24. The Hall–Kier alpha value is 0.0300. The Morgan fingerprint density at radius 2 is 1.93 bits per heavy atom. The van der Waals surface area contributed by atoms with Crippen LogP contribution in [0.15, 0.2) is 0 Å². The molecule has 14 heavy (non-hydrogen) atoms. The molecule has 0 radical (unpaired) electrons. The van der Waals surface area contributed by atoms with E-state index in [2.05, 4.69) is 14.1 Å². The van der Waals surface area contributed by atoms with Crippen molar-refractivity contribution in [2.24, 2.45) is 0 Å². The van der Waals surface area contributed by atoms with E-state index in [1.165, 1.54) is 7.11 Å². The summed E-state index contributed by atoms with van der Waals surface area (Å²) in [6.07, 6.45) is -0.697. The number of phosphoric ester groups is 1. The monoisotopic (exact) mass is 228 g/mol. The van der Waals surface area contributed by atoms with Crippen LogP contribution in [0.1, 0.15) is 20.8 Å². The minimum Gasteiger partial charge on any atom is -0.379 e. The lowest BCUT2D eigenvalue weighted by Crippen LogP contribution is -2.24. The van der Waals surface area contributed by atoms with Crippen molar-refractivity contribution >= 4 is 7.82 Å². The van der Waals surface area contributed by atoms with Gasteiger partial charge in [0.2, 0.25) is 0 Å². The summed E-state index contributed by atoms with van der Waals surface area (Å²) in [5.74, 6) is 0. The molecule has 0 aromatic heterocycles. The summed E-state index contributed by atoms with van der Waals surface area (Å²) in [5, 5.41) is 0. The summed E-state index contributed by atoms with van der Waals surface area (Å²) < 4.78 is 24.6. The summed E-state index contributed by atoms with van der Waals surface area (Å²) in [5.41, 5.74) is 0. The fourth-order valence-corrected chi connectivity index (χ4v) is 1.19. The molecule has 0 aromatic rings. The van der Waals surface area contributed by atoms with E-state index in [9.17, 15) is 4.57 Å². The number of rotatable bonds is 7. The number of hydrogen-bond donors (Lipinski definition) is 1. The van der Waals surface area contributed by atoms with Crippen molar-refractivity contribution in [3.05, 3.63) is 0 Å². The van der Waals surface area contributed by atoms with Crippen molar-refractivity contribution in [3.8, 4) is 0 Å². The summed E-state index contributed by atoms with van der Waals surface area (Å²) in [4.78, 5) is 13.6. The fourth-order valence-electron chi connectivity index (χ4n) is 0.577. The normalized spacial score (nSPS) is 20.1. The van der Waals surface area contributed by atoms with Gasteiger partial charge in [0.1, 0.15) is 6.10 Å². The Balaban J connectivity index is 3.87.